The van der Waals surface area contributed by atoms with E-state index in [0.29, 0.717) is 5.41 Å². The minimum Gasteiger partial charge on any atom is -0.359 e. The summed E-state index contributed by atoms with van der Waals surface area (Å²) in [4.78, 5) is 3.28. The van der Waals surface area contributed by atoms with Crippen LogP contribution in [0.4, 0.5) is 5.69 Å². The van der Waals surface area contributed by atoms with E-state index in [9.17, 15) is 0 Å². The average Bonchev–Trinajstić information content (AvgIpc) is 3.11. The molecule has 1 aromatic heterocycles. The predicted molar refractivity (Wildman–Crippen MR) is 84.7 cm³/mol. The van der Waals surface area contributed by atoms with Gasteiger partial charge in [0.2, 0.25) is 0 Å². The lowest BCUT2D eigenvalue weighted by atomic mass is 9.98. The Kier molecular flexibility index (Phi) is 3.13. The molecule has 1 aromatic carbocycles. The molecule has 0 amide bonds. The van der Waals surface area contributed by atoms with Gasteiger partial charge >= 0.3 is 0 Å². The molecule has 4 nitrogen and oxygen atoms in total. The van der Waals surface area contributed by atoms with Crippen LogP contribution < -0.4 is 9.44 Å². The van der Waals surface area contributed by atoms with Crippen LogP contribution >= 0.6 is 0 Å². The zero-order chi connectivity index (χ0) is 13.4. The first-order valence-corrected chi connectivity index (χ1v) is 8.52. The highest BCUT2D eigenvalue weighted by Gasteiger charge is 2.41. The highest BCUT2D eigenvalue weighted by Crippen LogP contribution is 2.51. The summed E-state index contributed by atoms with van der Waals surface area (Å²) in [6.45, 7) is 2.14. The van der Waals surface area contributed by atoms with E-state index in [1.165, 1.54) is 31.1 Å². The Morgan fingerprint density at radius 2 is 1.75 bits per heavy atom. The number of aromatic nitrogens is 1. The number of aromatic amines is 1. The number of hydrogen-bond donors (Lipinski definition) is 3. The van der Waals surface area contributed by atoms with Gasteiger partial charge in [-0.1, -0.05) is 18.2 Å². The molecular formula is C15H20N4S. The highest BCUT2D eigenvalue weighted by atomic mass is 32.2. The summed E-state index contributed by atoms with van der Waals surface area (Å²) >= 11 is -0.259. The molecule has 1 aliphatic carbocycles. The Bertz CT molecular complexity index is 643. The van der Waals surface area contributed by atoms with Crippen molar-refractivity contribution in [3.63, 3.8) is 0 Å². The second kappa shape index (κ2) is 4.98. The monoisotopic (exact) mass is 288 g/mol. The van der Waals surface area contributed by atoms with Crippen molar-refractivity contribution in [3.8, 4) is 0 Å². The SMILES string of the molecule is c1ccc2c(N=S3NCCC4(CCN3)CC4)c[nH]c2c1. The minimum absolute atomic E-state index is 0.259. The maximum atomic E-state index is 4.85. The summed E-state index contributed by atoms with van der Waals surface area (Å²) in [5, 5.41) is 1.20. The lowest BCUT2D eigenvalue weighted by molar-refractivity contribution is 0.424. The van der Waals surface area contributed by atoms with Crippen LogP contribution in [-0.2, 0) is 11.1 Å². The van der Waals surface area contributed by atoms with Gasteiger partial charge < -0.3 is 4.98 Å². The van der Waals surface area contributed by atoms with Gasteiger partial charge in [-0.15, -0.1) is 0 Å². The average molecular weight is 288 g/mol. The van der Waals surface area contributed by atoms with Gasteiger partial charge in [0.1, 0.15) is 0 Å². The molecule has 2 aromatic rings. The van der Waals surface area contributed by atoms with E-state index in [2.05, 4.69) is 32.6 Å². The van der Waals surface area contributed by atoms with E-state index in [0.717, 1.165) is 24.3 Å². The number of hydrogen-bond acceptors (Lipinski definition) is 1. The second-order valence-electron chi connectivity index (χ2n) is 5.88. The van der Waals surface area contributed by atoms with E-state index in [1.807, 2.05) is 12.3 Å². The molecule has 5 heteroatoms. The number of nitrogens with one attached hydrogen (secondary N) is 3. The summed E-state index contributed by atoms with van der Waals surface area (Å²) in [6, 6.07) is 8.32. The van der Waals surface area contributed by atoms with E-state index in [-0.39, 0.29) is 11.1 Å². The fourth-order valence-electron chi connectivity index (χ4n) is 2.97. The Hall–Kier alpha value is -1.17. The van der Waals surface area contributed by atoms with Crippen LogP contribution in [0.3, 0.4) is 0 Å². The van der Waals surface area contributed by atoms with E-state index >= 15 is 0 Å². The second-order valence-corrected chi connectivity index (χ2v) is 7.21. The van der Waals surface area contributed by atoms with Gasteiger partial charge in [-0.25, -0.2) is 9.44 Å². The molecule has 1 spiro atoms. The summed E-state index contributed by atoms with van der Waals surface area (Å²) in [5.74, 6) is 0. The van der Waals surface area contributed by atoms with Crippen molar-refractivity contribution in [1.29, 1.82) is 0 Å². The maximum absolute atomic E-state index is 4.85. The van der Waals surface area contributed by atoms with Crippen LogP contribution in [0.15, 0.2) is 34.8 Å². The molecule has 0 atom stereocenters. The molecule has 1 saturated heterocycles. The third-order valence-electron chi connectivity index (χ3n) is 4.50. The van der Waals surface area contributed by atoms with Gasteiger partial charge in [0.25, 0.3) is 0 Å². The van der Waals surface area contributed by atoms with Crippen molar-refractivity contribution >= 4 is 27.7 Å². The molecule has 4 rings (SSSR count). The van der Waals surface area contributed by atoms with E-state index in [4.69, 9.17) is 4.36 Å². The van der Waals surface area contributed by atoms with E-state index < -0.39 is 0 Å². The fraction of sp³-hybridized carbons (Fsp3) is 0.467. The summed E-state index contributed by atoms with van der Waals surface area (Å²) < 4.78 is 12.0. The lowest BCUT2D eigenvalue weighted by Crippen LogP contribution is -2.35. The Morgan fingerprint density at radius 1 is 1.00 bits per heavy atom. The van der Waals surface area contributed by atoms with Gasteiger partial charge in [0, 0.05) is 41.3 Å². The molecule has 3 N–H and O–H groups in total. The van der Waals surface area contributed by atoms with Crippen molar-refractivity contribution in [2.45, 2.75) is 25.7 Å². The number of benzene rings is 1. The third-order valence-corrected chi connectivity index (χ3v) is 5.84. The van der Waals surface area contributed by atoms with Crippen LogP contribution in [0.2, 0.25) is 0 Å². The van der Waals surface area contributed by atoms with Crippen LogP contribution in [-0.4, -0.2) is 18.1 Å². The number of fused-ring (bicyclic) bond motifs is 1. The Balaban J connectivity index is 1.56. The van der Waals surface area contributed by atoms with Crippen molar-refractivity contribution in [1.82, 2.24) is 14.4 Å². The summed E-state index contributed by atoms with van der Waals surface area (Å²) in [6.07, 6.45) is 7.46. The van der Waals surface area contributed by atoms with Gasteiger partial charge in [-0.05, 0) is 37.2 Å². The molecule has 2 aliphatic rings. The van der Waals surface area contributed by atoms with Crippen LogP contribution in [0.1, 0.15) is 25.7 Å². The molecule has 0 bridgehead atoms. The topological polar surface area (TPSA) is 52.2 Å². The first-order chi connectivity index (χ1) is 9.85. The van der Waals surface area contributed by atoms with Crippen molar-refractivity contribution in [2.75, 3.05) is 13.1 Å². The van der Waals surface area contributed by atoms with Crippen LogP contribution in [0, 0.1) is 5.41 Å². The van der Waals surface area contributed by atoms with Crippen molar-refractivity contribution < 1.29 is 0 Å². The molecular weight excluding hydrogens is 268 g/mol. The number of H-pyrrole nitrogens is 1. The predicted octanol–water partition coefficient (Wildman–Crippen LogP) is 3.18. The van der Waals surface area contributed by atoms with Crippen molar-refractivity contribution in [3.05, 3.63) is 30.5 Å². The molecule has 2 fully saturated rings. The summed E-state index contributed by atoms with van der Waals surface area (Å²) in [5.41, 5.74) is 2.86. The number of nitrogens with zero attached hydrogens (tertiary/aromatic N) is 1. The zero-order valence-corrected chi connectivity index (χ0v) is 12.3. The molecule has 1 saturated carbocycles. The molecule has 0 unspecified atom stereocenters. The quantitative estimate of drug-likeness (QED) is 0.755. The highest BCUT2D eigenvalue weighted by molar-refractivity contribution is 7.83. The number of para-hydroxylation sites is 1. The van der Waals surface area contributed by atoms with Gasteiger partial charge in [0.05, 0.1) is 5.69 Å². The first-order valence-electron chi connectivity index (χ1n) is 7.34. The minimum atomic E-state index is -0.259. The normalized spacial score (nSPS) is 22.6. The largest absolute Gasteiger partial charge is 0.359 e. The van der Waals surface area contributed by atoms with Gasteiger partial charge in [-0.3, -0.25) is 0 Å². The molecule has 0 radical (unpaired) electrons. The Labute approximate surface area is 121 Å². The first kappa shape index (κ1) is 12.6. The van der Waals surface area contributed by atoms with E-state index in [1.54, 1.807) is 0 Å². The van der Waals surface area contributed by atoms with Crippen LogP contribution in [0.5, 0.6) is 0 Å². The smallest absolute Gasteiger partial charge is 0.0984 e. The third kappa shape index (κ3) is 2.41. The number of rotatable bonds is 1. The molecule has 2 heterocycles. The molecule has 1 aliphatic heterocycles. The zero-order valence-electron chi connectivity index (χ0n) is 11.5. The fourth-order valence-corrected chi connectivity index (χ4v) is 4.14. The molecule has 106 valence electrons. The van der Waals surface area contributed by atoms with Crippen molar-refractivity contribution in [2.24, 2.45) is 9.78 Å². The van der Waals surface area contributed by atoms with Crippen LogP contribution in [0.25, 0.3) is 10.9 Å². The van der Waals surface area contributed by atoms with Gasteiger partial charge in [0.15, 0.2) is 0 Å². The standard InChI is InChI=1S/C15H20N4S/c1-2-4-13-12(3-1)14(11-16-13)19-20-17-9-7-15(5-6-15)8-10-18-20/h1-4,11,16H,5-10H2,(H2,17,18,19). The maximum Gasteiger partial charge on any atom is 0.0984 e. The molecule has 20 heavy (non-hydrogen) atoms. The lowest BCUT2D eigenvalue weighted by Gasteiger charge is -2.21. The summed E-state index contributed by atoms with van der Waals surface area (Å²) in [7, 11) is 0. The Morgan fingerprint density at radius 3 is 2.50 bits per heavy atom. The van der Waals surface area contributed by atoms with Gasteiger partial charge in [-0.2, -0.15) is 4.36 Å².